The predicted molar refractivity (Wildman–Crippen MR) is 32.7 cm³/mol. The second kappa shape index (κ2) is 2.46. The maximum atomic E-state index is 8.99. The van der Waals surface area contributed by atoms with Crippen LogP contribution >= 0.6 is 0 Å². The maximum Gasteiger partial charge on any atom is 0.0555 e. The van der Waals surface area contributed by atoms with Gasteiger partial charge in [0, 0.05) is 6.04 Å². The van der Waals surface area contributed by atoms with Crippen LogP contribution in [0.2, 0.25) is 0 Å². The third kappa shape index (κ3) is 1.20. The van der Waals surface area contributed by atoms with Gasteiger partial charge in [-0.2, -0.15) is 0 Å². The number of hydrogen-bond acceptors (Lipinski definition) is 2. The van der Waals surface area contributed by atoms with Crippen molar-refractivity contribution in [2.45, 2.75) is 31.4 Å². The van der Waals surface area contributed by atoms with Crippen molar-refractivity contribution in [2.24, 2.45) is 0 Å². The van der Waals surface area contributed by atoms with Gasteiger partial charge < -0.3 is 10.4 Å². The van der Waals surface area contributed by atoms with E-state index < -0.39 is 0 Å². The third-order valence-corrected chi connectivity index (χ3v) is 1.81. The first-order valence-electron chi connectivity index (χ1n) is 3.18. The van der Waals surface area contributed by atoms with Crippen molar-refractivity contribution in [3.63, 3.8) is 0 Å². The molecule has 8 heavy (non-hydrogen) atoms. The van der Waals surface area contributed by atoms with Crippen molar-refractivity contribution in [3.8, 4) is 0 Å². The van der Waals surface area contributed by atoms with E-state index in [0.29, 0.717) is 6.04 Å². The minimum atomic E-state index is -0.0348. The summed E-state index contributed by atoms with van der Waals surface area (Å²) in [5.41, 5.74) is 0. The molecule has 0 heterocycles. The van der Waals surface area contributed by atoms with Crippen LogP contribution in [-0.4, -0.2) is 24.3 Å². The molecule has 0 aliphatic heterocycles. The topological polar surface area (TPSA) is 32.3 Å². The molecule has 0 amide bonds. The van der Waals surface area contributed by atoms with Gasteiger partial charge in [-0.1, -0.05) is 0 Å². The first kappa shape index (κ1) is 6.05. The van der Waals surface area contributed by atoms with E-state index in [0.717, 1.165) is 19.3 Å². The standard InChI is InChI=1S/C6H13NO/c1-7-5-2-3-6(8)4-5/h5-8H,2-4H2,1H3/t5-,6-/m1/s1. The fourth-order valence-corrected chi connectivity index (χ4v) is 1.22. The summed E-state index contributed by atoms with van der Waals surface area (Å²) in [6, 6.07) is 0.574. The highest BCUT2D eigenvalue weighted by Crippen LogP contribution is 2.17. The van der Waals surface area contributed by atoms with Crippen LogP contribution in [0.4, 0.5) is 0 Å². The molecule has 0 unspecified atom stereocenters. The molecule has 1 aliphatic rings. The van der Waals surface area contributed by atoms with Gasteiger partial charge >= 0.3 is 0 Å². The molecule has 0 spiro atoms. The highest BCUT2D eigenvalue weighted by atomic mass is 16.3. The molecule has 0 aromatic heterocycles. The molecule has 1 fully saturated rings. The predicted octanol–water partition coefficient (Wildman–Crippen LogP) is 0.119. The molecular formula is C6H13NO. The molecule has 1 aliphatic carbocycles. The SMILES string of the molecule is CN[C@@H]1CC[C@@H](O)C1. The Labute approximate surface area is 49.9 Å². The van der Waals surface area contributed by atoms with E-state index in [9.17, 15) is 0 Å². The normalized spacial score (nSPS) is 38.2. The molecule has 0 saturated heterocycles. The van der Waals surface area contributed by atoms with Gasteiger partial charge in [-0.25, -0.2) is 0 Å². The van der Waals surface area contributed by atoms with E-state index in [2.05, 4.69) is 5.32 Å². The molecule has 2 heteroatoms. The Hall–Kier alpha value is -0.0800. The summed E-state index contributed by atoms with van der Waals surface area (Å²) in [6.07, 6.45) is 3.02. The number of rotatable bonds is 1. The number of nitrogens with one attached hydrogen (secondary N) is 1. The van der Waals surface area contributed by atoms with Gasteiger partial charge in [-0.3, -0.25) is 0 Å². The summed E-state index contributed by atoms with van der Waals surface area (Å²) in [5, 5.41) is 12.1. The zero-order valence-corrected chi connectivity index (χ0v) is 5.22. The minimum Gasteiger partial charge on any atom is -0.393 e. The lowest BCUT2D eigenvalue weighted by Crippen LogP contribution is -2.21. The smallest absolute Gasteiger partial charge is 0.0555 e. The molecule has 1 rings (SSSR count). The lowest BCUT2D eigenvalue weighted by molar-refractivity contribution is 0.180. The summed E-state index contributed by atoms with van der Waals surface area (Å²) < 4.78 is 0. The number of aliphatic hydroxyl groups excluding tert-OH is 1. The van der Waals surface area contributed by atoms with Gasteiger partial charge in [0.1, 0.15) is 0 Å². The summed E-state index contributed by atoms with van der Waals surface area (Å²) >= 11 is 0. The van der Waals surface area contributed by atoms with Gasteiger partial charge in [0.2, 0.25) is 0 Å². The van der Waals surface area contributed by atoms with E-state index in [1.165, 1.54) is 0 Å². The van der Waals surface area contributed by atoms with Gasteiger partial charge in [0.05, 0.1) is 6.10 Å². The zero-order valence-electron chi connectivity index (χ0n) is 5.22. The van der Waals surface area contributed by atoms with E-state index in [4.69, 9.17) is 5.11 Å². The largest absolute Gasteiger partial charge is 0.393 e. The van der Waals surface area contributed by atoms with Gasteiger partial charge in [-0.05, 0) is 26.3 Å². The fourth-order valence-electron chi connectivity index (χ4n) is 1.22. The van der Waals surface area contributed by atoms with Crippen molar-refractivity contribution in [1.29, 1.82) is 0 Å². The molecule has 48 valence electrons. The van der Waals surface area contributed by atoms with Crippen molar-refractivity contribution in [1.82, 2.24) is 5.32 Å². The van der Waals surface area contributed by atoms with Crippen LogP contribution in [0.1, 0.15) is 19.3 Å². The highest BCUT2D eigenvalue weighted by Gasteiger charge is 2.20. The Morgan fingerprint density at radius 2 is 2.25 bits per heavy atom. The first-order valence-corrected chi connectivity index (χ1v) is 3.18. The summed E-state index contributed by atoms with van der Waals surface area (Å²) in [5.74, 6) is 0. The summed E-state index contributed by atoms with van der Waals surface area (Å²) in [7, 11) is 1.95. The van der Waals surface area contributed by atoms with Crippen LogP contribution in [0.15, 0.2) is 0 Å². The number of aliphatic hydroxyl groups is 1. The van der Waals surface area contributed by atoms with E-state index in [-0.39, 0.29) is 6.10 Å². The molecule has 0 radical (unpaired) electrons. The van der Waals surface area contributed by atoms with Crippen molar-refractivity contribution >= 4 is 0 Å². The molecule has 2 nitrogen and oxygen atoms in total. The molecule has 2 N–H and O–H groups in total. The zero-order chi connectivity index (χ0) is 5.98. The summed E-state index contributed by atoms with van der Waals surface area (Å²) in [6.45, 7) is 0. The van der Waals surface area contributed by atoms with Crippen molar-refractivity contribution < 1.29 is 5.11 Å². The summed E-state index contributed by atoms with van der Waals surface area (Å²) in [4.78, 5) is 0. The molecule has 0 aromatic rings. The van der Waals surface area contributed by atoms with Crippen LogP contribution in [0.3, 0.4) is 0 Å². The Balaban J connectivity index is 2.22. The lowest BCUT2D eigenvalue weighted by Gasteiger charge is -2.04. The average molecular weight is 115 g/mol. The molecule has 0 bridgehead atoms. The van der Waals surface area contributed by atoms with Crippen molar-refractivity contribution in [2.75, 3.05) is 7.05 Å². The maximum absolute atomic E-state index is 8.99. The Kier molecular flexibility index (Phi) is 1.86. The molecule has 1 saturated carbocycles. The van der Waals surface area contributed by atoms with Crippen molar-refractivity contribution in [3.05, 3.63) is 0 Å². The van der Waals surface area contributed by atoms with Crippen LogP contribution in [0.25, 0.3) is 0 Å². The Bertz CT molecular complexity index is 74.9. The quantitative estimate of drug-likeness (QED) is 0.508. The number of hydrogen-bond donors (Lipinski definition) is 2. The van der Waals surface area contributed by atoms with Crippen LogP contribution < -0.4 is 5.32 Å². The van der Waals surface area contributed by atoms with Crippen LogP contribution in [0, 0.1) is 0 Å². The van der Waals surface area contributed by atoms with Gasteiger partial charge in [0.15, 0.2) is 0 Å². The van der Waals surface area contributed by atoms with Gasteiger partial charge in [-0.15, -0.1) is 0 Å². The second-order valence-corrected chi connectivity index (χ2v) is 2.45. The van der Waals surface area contributed by atoms with Gasteiger partial charge in [0.25, 0.3) is 0 Å². The molecular weight excluding hydrogens is 102 g/mol. The molecule has 0 aromatic carbocycles. The van der Waals surface area contributed by atoms with E-state index in [1.807, 2.05) is 7.05 Å². The third-order valence-electron chi connectivity index (χ3n) is 1.81. The van der Waals surface area contributed by atoms with E-state index >= 15 is 0 Å². The molecule has 2 atom stereocenters. The fraction of sp³-hybridized carbons (Fsp3) is 1.00. The monoisotopic (exact) mass is 115 g/mol. The Morgan fingerprint density at radius 3 is 2.50 bits per heavy atom. The average Bonchev–Trinajstić information content (AvgIpc) is 2.14. The Morgan fingerprint density at radius 1 is 1.50 bits per heavy atom. The first-order chi connectivity index (χ1) is 3.83. The van der Waals surface area contributed by atoms with Crippen LogP contribution in [-0.2, 0) is 0 Å². The van der Waals surface area contributed by atoms with Crippen LogP contribution in [0.5, 0.6) is 0 Å². The second-order valence-electron chi connectivity index (χ2n) is 2.45. The highest BCUT2D eigenvalue weighted by molar-refractivity contribution is 4.78. The van der Waals surface area contributed by atoms with E-state index in [1.54, 1.807) is 0 Å². The minimum absolute atomic E-state index is 0.0348. The lowest BCUT2D eigenvalue weighted by atomic mass is 10.2.